The van der Waals surface area contributed by atoms with Gasteiger partial charge in [-0.1, -0.05) is 18.5 Å². The summed E-state index contributed by atoms with van der Waals surface area (Å²) in [7, 11) is 1.95. The van der Waals surface area contributed by atoms with Gasteiger partial charge in [0.1, 0.15) is 16.4 Å². The molecule has 3 aromatic heterocycles. The zero-order chi connectivity index (χ0) is 15.0. The lowest BCUT2D eigenvalue weighted by molar-refractivity contribution is 0.927. The van der Waals surface area contributed by atoms with E-state index in [1.807, 2.05) is 42.9 Å². The minimum absolute atomic E-state index is 0.474. The first-order chi connectivity index (χ1) is 10.1. The number of hydrogen-bond acceptors (Lipinski definition) is 4. The zero-order valence-corrected chi connectivity index (χ0v) is 13.7. The highest BCUT2D eigenvalue weighted by Crippen LogP contribution is 2.31. The van der Waals surface area contributed by atoms with Crippen molar-refractivity contribution in [3.63, 3.8) is 0 Å². The average molecular weight is 319 g/mol. The minimum atomic E-state index is 0.474. The molecule has 0 aliphatic carbocycles. The maximum atomic E-state index is 6.07. The molecule has 6 heteroatoms. The van der Waals surface area contributed by atoms with Gasteiger partial charge >= 0.3 is 0 Å². The Morgan fingerprint density at radius 2 is 2.10 bits per heavy atom. The smallest absolute Gasteiger partial charge is 0.161 e. The Bertz CT molecular complexity index is 813. The highest BCUT2D eigenvalue weighted by Gasteiger charge is 2.16. The Morgan fingerprint density at radius 3 is 2.86 bits per heavy atom. The van der Waals surface area contributed by atoms with Crippen LogP contribution in [0.5, 0.6) is 0 Å². The van der Waals surface area contributed by atoms with Gasteiger partial charge in [-0.2, -0.15) is 0 Å². The van der Waals surface area contributed by atoms with Crippen molar-refractivity contribution in [1.29, 1.82) is 0 Å². The Morgan fingerprint density at radius 1 is 1.29 bits per heavy atom. The lowest BCUT2D eigenvalue weighted by Gasteiger charge is -2.07. The molecule has 0 N–H and O–H groups in total. The number of thioether (sulfide) groups is 1. The second-order valence-electron chi connectivity index (χ2n) is 4.76. The second-order valence-corrected chi connectivity index (χ2v) is 6.46. The second kappa shape index (κ2) is 5.66. The van der Waals surface area contributed by atoms with Crippen LogP contribution in [0.15, 0.2) is 29.3 Å². The number of aromatic nitrogens is 4. The molecule has 3 aromatic rings. The Hall–Kier alpha value is -1.59. The Balaban J connectivity index is 2.24. The van der Waals surface area contributed by atoms with E-state index in [9.17, 15) is 0 Å². The number of rotatable bonds is 3. The molecule has 0 unspecified atom stereocenters. The lowest BCUT2D eigenvalue weighted by Crippen LogP contribution is -1.98. The van der Waals surface area contributed by atoms with Gasteiger partial charge in [0, 0.05) is 18.1 Å². The van der Waals surface area contributed by atoms with Crippen LogP contribution in [0.1, 0.15) is 12.5 Å². The zero-order valence-electron chi connectivity index (χ0n) is 12.1. The third-order valence-electron chi connectivity index (χ3n) is 3.18. The number of fused-ring (bicyclic) bond motifs is 1. The van der Waals surface area contributed by atoms with E-state index in [0.29, 0.717) is 5.15 Å². The summed E-state index contributed by atoms with van der Waals surface area (Å²) >= 11 is 7.80. The molecule has 0 bridgehead atoms. The van der Waals surface area contributed by atoms with Crippen molar-refractivity contribution in [2.24, 2.45) is 7.05 Å². The molecule has 0 aliphatic heterocycles. The molecule has 108 valence electrons. The van der Waals surface area contributed by atoms with Crippen molar-refractivity contribution in [3.05, 3.63) is 35.1 Å². The third-order valence-corrected chi connectivity index (χ3v) is 4.32. The number of halogens is 1. The van der Waals surface area contributed by atoms with Gasteiger partial charge in [0.05, 0.1) is 0 Å². The molecular formula is C15H15ClN4S. The van der Waals surface area contributed by atoms with Gasteiger partial charge in [0.2, 0.25) is 0 Å². The summed E-state index contributed by atoms with van der Waals surface area (Å²) in [5, 5.41) is 0.474. The molecule has 0 amide bonds. The van der Waals surface area contributed by atoms with E-state index >= 15 is 0 Å². The number of aryl methyl sites for hydroxylation is 2. The molecular weight excluding hydrogens is 304 g/mol. The van der Waals surface area contributed by atoms with Crippen molar-refractivity contribution in [1.82, 2.24) is 19.5 Å². The highest BCUT2D eigenvalue weighted by atomic mass is 35.5. The monoisotopic (exact) mass is 318 g/mol. The predicted molar refractivity (Wildman–Crippen MR) is 87.9 cm³/mol. The molecule has 3 heterocycles. The van der Waals surface area contributed by atoms with Crippen LogP contribution < -0.4 is 0 Å². The van der Waals surface area contributed by atoms with Gasteiger partial charge < -0.3 is 4.57 Å². The number of pyridine rings is 2. The third kappa shape index (κ3) is 2.63. The van der Waals surface area contributed by atoms with E-state index < -0.39 is 0 Å². The molecule has 0 fully saturated rings. The Kier molecular flexibility index (Phi) is 3.87. The summed E-state index contributed by atoms with van der Waals surface area (Å²) < 4.78 is 1.97. The fourth-order valence-corrected chi connectivity index (χ4v) is 3.14. The highest BCUT2D eigenvalue weighted by molar-refractivity contribution is 7.99. The first-order valence-corrected chi connectivity index (χ1v) is 8.05. The van der Waals surface area contributed by atoms with Crippen LogP contribution in [0.25, 0.3) is 22.7 Å². The van der Waals surface area contributed by atoms with E-state index in [-0.39, 0.29) is 0 Å². The van der Waals surface area contributed by atoms with E-state index in [0.717, 1.165) is 38.9 Å². The van der Waals surface area contributed by atoms with Gasteiger partial charge in [0.25, 0.3) is 0 Å². The van der Waals surface area contributed by atoms with Crippen LogP contribution in [-0.4, -0.2) is 25.3 Å². The normalized spacial score (nSPS) is 11.2. The van der Waals surface area contributed by atoms with Gasteiger partial charge in [0.15, 0.2) is 11.5 Å². The quantitative estimate of drug-likeness (QED) is 0.538. The first kappa shape index (κ1) is 14.4. The summed E-state index contributed by atoms with van der Waals surface area (Å²) in [6.07, 6.45) is 1.85. The summed E-state index contributed by atoms with van der Waals surface area (Å²) in [5.74, 6) is 1.76. The maximum Gasteiger partial charge on any atom is 0.161 e. The number of hydrogen-bond donors (Lipinski definition) is 0. The molecule has 21 heavy (non-hydrogen) atoms. The topological polar surface area (TPSA) is 43.6 Å². The van der Waals surface area contributed by atoms with Crippen molar-refractivity contribution < 1.29 is 0 Å². The van der Waals surface area contributed by atoms with Gasteiger partial charge in [-0.25, -0.2) is 15.0 Å². The SMILES string of the molecule is CCSc1ccc(Cl)nc1-c1nc2cc(C)cnc2n1C. The lowest BCUT2D eigenvalue weighted by atomic mass is 10.3. The van der Waals surface area contributed by atoms with E-state index in [1.54, 1.807) is 11.8 Å². The summed E-state index contributed by atoms with van der Waals surface area (Å²) in [4.78, 5) is 14.7. The van der Waals surface area contributed by atoms with Crippen molar-refractivity contribution in [3.8, 4) is 11.5 Å². The molecule has 4 nitrogen and oxygen atoms in total. The van der Waals surface area contributed by atoms with Crippen molar-refractivity contribution >= 4 is 34.5 Å². The maximum absolute atomic E-state index is 6.07. The average Bonchev–Trinajstić information content (AvgIpc) is 2.77. The van der Waals surface area contributed by atoms with Gasteiger partial charge in [-0.05, 0) is 36.4 Å². The summed E-state index contributed by atoms with van der Waals surface area (Å²) in [6, 6.07) is 5.84. The van der Waals surface area contributed by atoms with Crippen LogP contribution in [0, 0.1) is 6.92 Å². The van der Waals surface area contributed by atoms with Crippen LogP contribution in [0.2, 0.25) is 5.15 Å². The van der Waals surface area contributed by atoms with Crippen molar-refractivity contribution in [2.75, 3.05) is 5.75 Å². The molecule has 0 saturated heterocycles. The largest absolute Gasteiger partial charge is 0.310 e. The number of nitrogens with zero attached hydrogens (tertiary/aromatic N) is 4. The van der Waals surface area contributed by atoms with Crippen LogP contribution in [0.4, 0.5) is 0 Å². The molecule has 0 radical (unpaired) electrons. The first-order valence-electron chi connectivity index (χ1n) is 6.69. The van der Waals surface area contributed by atoms with Crippen LogP contribution in [-0.2, 0) is 7.05 Å². The summed E-state index contributed by atoms with van der Waals surface area (Å²) in [6.45, 7) is 4.12. The molecule has 0 aromatic carbocycles. The molecule has 0 aliphatic rings. The standard InChI is InChI=1S/C15H15ClN4S/c1-4-21-11-5-6-12(16)19-13(11)15-18-10-7-9(2)8-17-14(10)20(15)3/h5-8H,4H2,1-3H3. The van der Waals surface area contributed by atoms with E-state index in [4.69, 9.17) is 16.6 Å². The fourth-order valence-electron chi connectivity index (χ4n) is 2.24. The van der Waals surface area contributed by atoms with Crippen LogP contribution >= 0.6 is 23.4 Å². The number of imidazole rings is 1. The van der Waals surface area contributed by atoms with Gasteiger partial charge in [-0.3, -0.25) is 0 Å². The predicted octanol–water partition coefficient (Wildman–Crippen LogP) is 4.10. The van der Waals surface area contributed by atoms with Crippen molar-refractivity contribution in [2.45, 2.75) is 18.7 Å². The minimum Gasteiger partial charge on any atom is -0.310 e. The molecule has 0 spiro atoms. The molecule has 0 atom stereocenters. The summed E-state index contributed by atoms with van der Waals surface area (Å²) in [5.41, 5.74) is 3.63. The van der Waals surface area contributed by atoms with Gasteiger partial charge in [-0.15, -0.1) is 11.8 Å². The molecule has 3 rings (SSSR count). The van der Waals surface area contributed by atoms with E-state index in [2.05, 4.69) is 16.9 Å². The molecule has 0 saturated carbocycles. The Labute approximate surface area is 132 Å². The van der Waals surface area contributed by atoms with E-state index in [1.165, 1.54) is 0 Å². The fraction of sp³-hybridized carbons (Fsp3) is 0.267. The van der Waals surface area contributed by atoms with Crippen LogP contribution in [0.3, 0.4) is 0 Å².